The van der Waals surface area contributed by atoms with Gasteiger partial charge in [0.1, 0.15) is 0 Å². The van der Waals surface area contributed by atoms with Crippen LogP contribution < -0.4 is 0 Å². The van der Waals surface area contributed by atoms with E-state index in [1.54, 1.807) is 6.20 Å². The molecule has 21 heavy (non-hydrogen) atoms. The molecule has 0 fully saturated rings. The summed E-state index contributed by atoms with van der Waals surface area (Å²) in [5.41, 5.74) is 0.987. The second-order valence-corrected chi connectivity index (χ2v) is 7.16. The lowest BCUT2D eigenvalue weighted by Gasteiger charge is -2.07. The fourth-order valence-corrected chi connectivity index (χ4v) is 3.57. The lowest BCUT2D eigenvalue weighted by Crippen LogP contribution is -2.07. The van der Waals surface area contributed by atoms with Crippen LogP contribution >= 0.6 is 23.1 Å². The fraction of sp³-hybridized carbons (Fsp3) is 0.538. The number of hydrogen-bond acceptors (Lipinski definition) is 7. The van der Waals surface area contributed by atoms with Gasteiger partial charge in [0.2, 0.25) is 0 Å². The maximum Gasteiger partial charge on any atom is 0.306 e. The summed E-state index contributed by atoms with van der Waals surface area (Å²) in [6.45, 7) is 5.16. The molecule has 2 aromatic heterocycles. The Labute approximate surface area is 131 Å². The van der Waals surface area contributed by atoms with Crippen molar-refractivity contribution in [1.82, 2.24) is 20.0 Å². The Balaban J connectivity index is 1.99. The third kappa shape index (κ3) is 4.53. The Bertz CT molecular complexity index is 595. The van der Waals surface area contributed by atoms with Gasteiger partial charge in [-0.3, -0.25) is 9.48 Å². The van der Waals surface area contributed by atoms with Gasteiger partial charge in [0.25, 0.3) is 0 Å². The Hall–Kier alpha value is -1.41. The molecule has 0 spiro atoms. The second-order valence-electron chi connectivity index (χ2n) is 4.84. The molecule has 2 rings (SSSR count). The molecule has 2 aromatic rings. The van der Waals surface area contributed by atoms with E-state index in [2.05, 4.69) is 33.9 Å². The topological polar surface area (TPSA) is 69.9 Å². The molecule has 0 amide bonds. The highest BCUT2D eigenvalue weighted by atomic mass is 32.2. The van der Waals surface area contributed by atoms with Crippen LogP contribution in [-0.4, -0.2) is 38.8 Å². The molecule has 0 unspecified atom stereocenters. The molecule has 0 saturated heterocycles. The molecule has 0 N–H and O–H groups in total. The predicted molar refractivity (Wildman–Crippen MR) is 83.3 cm³/mol. The van der Waals surface area contributed by atoms with Gasteiger partial charge >= 0.3 is 5.97 Å². The lowest BCUT2D eigenvalue weighted by atomic mass is 10.2. The zero-order chi connectivity index (χ0) is 15.2. The zero-order valence-corrected chi connectivity index (χ0v) is 13.9. The van der Waals surface area contributed by atoms with Crippen LogP contribution in [-0.2, 0) is 16.1 Å². The minimum absolute atomic E-state index is 0.206. The van der Waals surface area contributed by atoms with Crippen LogP contribution in [0.2, 0.25) is 0 Å². The first-order valence-electron chi connectivity index (χ1n) is 6.65. The van der Waals surface area contributed by atoms with Crippen LogP contribution in [0.3, 0.4) is 0 Å². The first-order valence-corrected chi connectivity index (χ1v) is 8.45. The molecule has 0 saturated carbocycles. The Morgan fingerprint density at radius 3 is 3.00 bits per heavy atom. The monoisotopic (exact) mass is 326 g/mol. The molecule has 0 aliphatic heterocycles. The van der Waals surface area contributed by atoms with Crippen molar-refractivity contribution in [2.24, 2.45) is 5.92 Å². The summed E-state index contributed by atoms with van der Waals surface area (Å²) in [6.07, 6.45) is 2.16. The molecule has 0 aromatic carbocycles. The number of nitrogens with zero attached hydrogens (tertiary/aromatic N) is 4. The zero-order valence-electron chi connectivity index (χ0n) is 12.3. The number of rotatable bonds is 7. The van der Waals surface area contributed by atoms with Crippen molar-refractivity contribution in [2.75, 3.05) is 12.9 Å². The van der Waals surface area contributed by atoms with Gasteiger partial charge in [0, 0.05) is 18.5 Å². The van der Waals surface area contributed by atoms with E-state index in [0.29, 0.717) is 18.1 Å². The summed E-state index contributed by atoms with van der Waals surface area (Å²) in [4.78, 5) is 11.1. The number of thioether (sulfide) groups is 1. The van der Waals surface area contributed by atoms with Gasteiger partial charge in [-0.05, 0) is 12.0 Å². The third-order valence-electron chi connectivity index (χ3n) is 2.64. The lowest BCUT2D eigenvalue weighted by molar-refractivity contribution is -0.140. The Kier molecular flexibility index (Phi) is 5.75. The molecule has 0 aliphatic rings. The van der Waals surface area contributed by atoms with Crippen molar-refractivity contribution in [3.8, 4) is 10.7 Å². The fourth-order valence-electron chi connectivity index (χ4n) is 1.70. The summed E-state index contributed by atoms with van der Waals surface area (Å²) < 4.78 is 7.41. The van der Waals surface area contributed by atoms with E-state index in [1.165, 1.54) is 30.2 Å². The SMILES string of the molecule is COC(=O)CCSc1nnc(-c2ccnn2CC(C)C)s1. The van der Waals surface area contributed by atoms with Crippen molar-refractivity contribution in [3.05, 3.63) is 12.3 Å². The number of methoxy groups -OCH3 is 1. The van der Waals surface area contributed by atoms with E-state index < -0.39 is 0 Å². The quantitative estimate of drug-likeness (QED) is 0.575. The van der Waals surface area contributed by atoms with E-state index in [0.717, 1.165) is 21.6 Å². The number of carbonyl (C=O) groups excluding carboxylic acids is 1. The maximum atomic E-state index is 11.1. The first-order chi connectivity index (χ1) is 10.1. The second kappa shape index (κ2) is 7.56. The minimum atomic E-state index is -0.206. The summed E-state index contributed by atoms with van der Waals surface area (Å²) in [7, 11) is 1.39. The summed E-state index contributed by atoms with van der Waals surface area (Å²) in [5.74, 6) is 0.958. The molecule has 6 nitrogen and oxygen atoms in total. The van der Waals surface area contributed by atoms with Gasteiger partial charge < -0.3 is 4.74 Å². The molecule has 0 atom stereocenters. The van der Waals surface area contributed by atoms with Crippen LogP contribution in [0.4, 0.5) is 0 Å². The highest BCUT2D eigenvalue weighted by molar-refractivity contribution is 8.01. The molecule has 0 radical (unpaired) electrons. The van der Waals surface area contributed by atoms with Gasteiger partial charge in [-0.1, -0.05) is 36.9 Å². The molecule has 0 aliphatic carbocycles. The number of ether oxygens (including phenoxy) is 1. The van der Waals surface area contributed by atoms with Crippen molar-refractivity contribution >= 4 is 29.1 Å². The average Bonchev–Trinajstić information content (AvgIpc) is 3.06. The highest BCUT2D eigenvalue weighted by Gasteiger charge is 2.13. The normalized spacial score (nSPS) is 11.0. The number of aromatic nitrogens is 4. The van der Waals surface area contributed by atoms with Gasteiger partial charge in [0.05, 0.1) is 19.2 Å². The molecule has 8 heteroatoms. The average molecular weight is 326 g/mol. The number of esters is 1. The highest BCUT2D eigenvalue weighted by Crippen LogP contribution is 2.29. The van der Waals surface area contributed by atoms with Crippen LogP contribution in [0.25, 0.3) is 10.7 Å². The van der Waals surface area contributed by atoms with E-state index in [4.69, 9.17) is 0 Å². The molecule has 2 heterocycles. The first kappa shape index (κ1) is 16.0. The van der Waals surface area contributed by atoms with Crippen LogP contribution in [0.5, 0.6) is 0 Å². The Morgan fingerprint density at radius 2 is 2.29 bits per heavy atom. The molecule has 114 valence electrons. The molecular formula is C13H18N4O2S2. The third-order valence-corrected chi connectivity index (χ3v) is 4.72. The largest absolute Gasteiger partial charge is 0.469 e. The van der Waals surface area contributed by atoms with E-state index >= 15 is 0 Å². The standard InChI is InChI=1S/C13H18N4O2S2/c1-9(2)8-17-10(4-6-14-17)12-15-16-13(21-12)20-7-5-11(18)19-3/h4,6,9H,5,7-8H2,1-3H3. The predicted octanol–water partition coefficient (Wildman–Crippen LogP) is 2.71. The van der Waals surface area contributed by atoms with Crippen molar-refractivity contribution in [3.63, 3.8) is 0 Å². The van der Waals surface area contributed by atoms with Crippen LogP contribution in [0.1, 0.15) is 20.3 Å². The minimum Gasteiger partial charge on any atom is -0.469 e. The number of hydrogen-bond donors (Lipinski definition) is 0. The van der Waals surface area contributed by atoms with Gasteiger partial charge in [-0.25, -0.2) is 0 Å². The molecule has 0 bridgehead atoms. The van der Waals surface area contributed by atoms with E-state index in [9.17, 15) is 4.79 Å². The maximum absolute atomic E-state index is 11.1. The van der Waals surface area contributed by atoms with Crippen LogP contribution in [0, 0.1) is 5.92 Å². The smallest absolute Gasteiger partial charge is 0.306 e. The van der Waals surface area contributed by atoms with Crippen molar-refractivity contribution in [1.29, 1.82) is 0 Å². The summed E-state index contributed by atoms with van der Waals surface area (Å²) in [6, 6.07) is 1.95. The van der Waals surface area contributed by atoms with Gasteiger partial charge in [0.15, 0.2) is 9.35 Å². The Morgan fingerprint density at radius 1 is 1.48 bits per heavy atom. The van der Waals surface area contributed by atoms with Gasteiger partial charge in [-0.2, -0.15) is 5.10 Å². The van der Waals surface area contributed by atoms with E-state index in [-0.39, 0.29) is 5.97 Å². The van der Waals surface area contributed by atoms with Crippen LogP contribution in [0.15, 0.2) is 16.6 Å². The van der Waals surface area contributed by atoms with Gasteiger partial charge in [-0.15, -0.1) is 10.2 Å². The summed E-state index contributed by atoms with van der Waals surface area (Å²) >= 11 is 3.04. The van der Waals surface area contributed by atoms with Crippen molar-refractivity contribution < 1.29 is 9.53 Å². The number of carbonyl (C=O) groups is 1. The summed E-state index contributed by atoms with van der Waals surface area (Å²) in [5, 5.41) is 13.5. The van der Waals surface area contributed by atoms with Crippen molar-refractivity contribution in [2.45, 2.75) is 31.2 Å². The van der Waals surface area contributed by atoms with E-state index in [1.807, 2.05) is 10.7 Å². The molecular weight excluding hydrogens is 308 g/mol.